The van der Waals surface area contributed by atoms with Gasteiger partial charge >= 0.3 is 0 Å². The lowest BCUT2D eigenvalue weighted by Gasteiger charge is -2.26. The van der Waals surface area contributed by atoms with Crippen LogP contribution < -0.4 is 15.4 Å². The highest BCUT2D eigenvalue weighted by Gasteiger charge is 2.24. The van der Waals surface area contributed by atoms with Crippen molar-refractivity contribution in [3.63, 3.8) is 0 Å². The summed E-state index contributed by atoms with van der Waals surface area (Å²) in [6, 6.07) is 7.50. The molecule has 0 saturated heterocycles. The lowest BCUT2D eigenvalue weighted by Crippen LogP contribution is -2.44. The van der Waals surface area contributed by atoms with Gasteiger partial charge in [0, 0.05) is 0 Å². The number of para-hydroxylation sites is 2. The number of fused-ring (bicyclic) bond motifs is 1. The van der Waals surface area contributed by atoms with E-state index < -0.39 is 6.10 Å². The molecular weight excluding hydrogens is 204 g/mol. The minimum Gasteiger partial charge on any atom is -0.477 e. The molecule has 0 bridgehead atoms. The van der Waals surface area contributed by atoms with E-state index in [-0.39, 0.29) is 12.5 Å². The fraction of sp³-hybridized carbons (Fsp3) is 0.250. The lowest BCUT2D eigenvalue weighted by atomic mass is 10.2. The number of rotatable bonds is 2. The van der Waals surface area contributed by atoms with Crippen molar-refractivity contribution in [2.45, 2.75) is 6.10 Å². The maximum Gasteiger partial charge on any atom is 0.263 e. The van der Waals surface area contributed by atoms with Crippen LogP contribution in [0, 0.1) is 12.3 Å². The average Bonchev–Trinajstić information content (AvgIpc) is 2.35. The molecule has 1 heterocycles. The van der Waals surface area contributed by atoms with Crippen LogP contribution in [-0.2, 0) is 4.79 Å². The molecule has 1 aliphatic rings. The van der Waals surface area contributed by atoms with Gasteiger partial charge in [0.2, 0.25) is 0 Å². The fourth-order valence-electron chi connectivity index (χ4n) is 1.51. The Bertz CT molecular complexity index is 437. The van der Waals surface area contributed by atoms with Crippen LogP contribution in [0.1, 0.15) is 0 Å². The summed E-state index contributed by atoms with van der Waals surface area (Å²) < 4.78 is 5.55. The Balaban J connectivity index is 2.03. The third kappa shape index (κ3) is 2.09. The zero-order chi connectivity index (χ0) is 11.4. The van der Waals surface area contributed by atoms with Gasteiger partial charge < -0.3 is 15.4 Å². The highest BCUT2D eigenvalue weighted by atomic mass is 16.5. The molecule has 16 heavy (non-hydrogen) atoms. The molecule has 0 fully saturated rings. The molecule has 82 valence electrons. The molecule has 0 saturated carbocycles. The number of terminal acetylenes is 1. The van der Waals surface area contributed by atoms with E-state index in [0.29, 0.717) is 12.3 Å². The minimum absolute atomic E-state index is 0.194. The van der Waals surface area contributed by atoms with Crippen LogP contribution >= 0.6 is 0 Å². The van der Waals surface area contributed by atoms with Gasteiger partial charge in [0.1, 0.15) is 5.75 Å². The van der Waals surface area contributed by atoms with Crippen LogP contribution in [0.3, 0.4) is 0 Å². The molecule has 1 atom stereocenters. The summed E-state index contributed by atoms with van der Waals surface area (Å²) in [4.78, 5) is 11.6. The number of hydrogen-bond donors (Lipinski definition) is 2. The van der Waals surface area contributed by atoms with E-state index in [1.165, 1.54) is 0 Å². The van der Waals surface area contributed by atoms with Crippen LogP contribution in [0.15, 0.2) is 24.3 Å². The van der Waals surface area contributed by atoms with Crippen LogP contribution in [0.4, 0.5) is 5.69 Å². The van der Waals surface area contributed by atoms with Gasteiger partial charge in [0.05, 0.1) is 18.8 Å². The standard InChI is InChI=1S/C12H12N2O2/c1-2-7-13-12(15)11-8-14-9-5-3-4-6-10(9)16-11/h1,3-6,11,14H,7-8H2,(H,13,15). The van der Waals surface area contributed by atoms with Gasteiger partial charge in [-0.3, -0.25) is 4.79 Å². The van der Waals surface area contributed by atoms with Crippen molar-refractivity contribution in [3.8, 4) is 18.1 Å². The van der Waals surface area contributed by atoms with E-state index in [2.05, 4.69) is 16.6 Å². The monoisotopic (exact) mass is 216 g/mol. The van der Waals surface area contributed by atoms with Crippen LogP contribution in [0.2, 0.25) is 0 Å². The molecule has 2 N–H and O–H groups in total. The summed E-state index contributed by atoms with van der Waals surface area (Å²) in [7, 11) is 0. The molecule has 0 radical (unpaired) electrons. The van der Waals surface area contributed by atoms with Gasteiger partial charge in [-0.05, 0) is 12.1 Å². The van der Waals surface area contributed by atoms with Crippen molar-refractivity contribution in [1.82, 2.24) is 5.32 Å². The first kappa shape index (κ1) is 10.4. The first-order valence-corrected chi connectivity index (χ1v) is 5.02. The van der Waals surface area contributed by atoms with E-state index in [1.54, 1.807) is 0 Å². The summed E-state index contributed by atoms with van der Waals surface area (Å²) in [5, 5.41) is 5.73. The zero-order valence-electron chi connectivity index (χ0n) is 8.69. The molecule has 1 amide bonds. The molecular formula is C12H12N2O2. The Hall–Kier alpha value is -2.15. The third-order valence-electron chi connectivity index (χ3n) is 2.29. The molecule has 4 nitrogen and oxygen atoms in total. The maximum atomic E-state index is 11.6. The Kier molecular flexibility index (Phi) is 2.97. The minimum atomic E-state index is -0.525. The molecule has 0 spiro atoms. The summed E-state index contributed by atoms with van der Waals surface area (Å²) in [5.41, 5.74) is 0.906. The first-order valence-electron chi connectivity index (χ1n) is 5.02. The molecule has 1 unspecified atom stereocenters. The summed E-state index contributed by atoms with van der Waals surface area (Å²) in [6.07, 6.45) is 4.54. The number of amides is 1. The highest BCUT2D eigenvalue weighted by molar-refractivity contribution is 5.83. The summed E-state index contributed by atoms with van der Waals surface area (Å²) in [5.74, 6) is 2.84. The highest BCUT2D eigenvalue weighted by Crippen LogP contribution is 2.27. The summed E-state index contributed by atoms with van der Waals surface area (Å²) >= 11 is 0. The number of carbonyl (C=O) groups excluding carboxylic acids is 1. The molecule has 1 aromatic carbocycles. The van der Waals surface area contributed by atoms with E-state index in [4.69, 9.17) is 11.2 Å². The largest absolute Gasteiger partial charge is 0.477 e. The van der Waals surface area contributed by atoms with E-state index in [9.17, 15) is 4.79 Å². The molecule has 4 heteroatoms. The van der Waals surface area contributed by atoms with Gasteiger partial charge in [-0.1, -0.05) is 18.1 Å². The number of ether oxygens (including phenoxy) is 1. The Morgan fingerprint density at radius 2 is 2.44 bits per heavy atom. The predicted octanol–water partition coefficient (Wildman–Crippen LogP) is 0.609. The van der Waals surface area contributed by atoms with Gasteiger partial charge in [-0.15, -0.1) is 6.42 Å². The molecule has 2 rings (SSSR count). The third-order valence-corrected chi connectivity index (χ3v) is 2.29. The van der Waals surface area contributed by atoms with Crippen molar-refractivity contribution in [3.05, 3.63) is 24.3 Å². The zero-order valence-corrected chi connectivity index (χ0v) is 8.69. The van der Waals surface area contributed by atoms with Crippen molar-refractivity contribution in [2.75, 3.05) is 18.4 Å². The van der Waals surface area contributed by atoms with Gasteiger partial charge in [0.15, 0.2) is 6.10 Å². The topological polar surface area (TPSA) is 50.4 Å². The van der Waals surface area contributed by atoms with Crippen LogP contribution in [0.5, 0.6) is 5.75 Å². The van der Waals surface area contributed by atoms with Gasteiger partial charge in [0.25, 0.3) is 5.91 Å². The number of hydrogen-bond acceptors (Lipinski definition) is 3. The van der Waals surface area contributed by atoms with Crippen molar-refractivity contribution in [1.29, 1.82) is 0 Å². The van der Waals surface area contributed by atoms with Crippen LogP contribution in [-0.4, -0.2) is 25.1 Å². The van der Waals surface area contributed by atoms with Gasteiger partial charge in [-0.2, -0.15) is 0 Å². The molecule has 0 aliphatic carbocycles. The van der Waals surface area contributed by atoms with E-state index in [1.807, 2.05) is 24.3 Å². The van der Waals surface area contributed by atoms with Crippen molar-refractivity contribution < 1.29 is 9.53 Å². The Morgan fingerprint density at radius 3 is 3.25 bits per heavy atom. The number of anilines is 1. The lowest BCUT2D eigenvalue weighted by molar-refractivity contribution is -0.127. The number of benzene rings is 1. The molecule has 0 aromatic heterocycles. The van der Waals surface area contributed by atoms with E-state index in [0.717, 1.165) is 5.69 Å². The van der Waals surface area contributed by atoms with E-state index >= 15 is 0 Å². The average molecular weight is 216 g/mol. The fourth-order valence-corrected chi connectivity index (χ4v) is 1.51. The van der Waals surface area contributed by atoms with Gasteiger partial charge in [-0.25, -0.2) is 0 Å². The summed E-state index contributed by atoms with van der Waals surface area (Å²) in [6.45, 7) is 0.674. The second kappa shape index (κ2) is 4.58. The first-order chi connectivity index (χ1) is 7.81. The SMILES string of the molecule is C#CCNC(=O)C1CNc2ccccc2O1. The van der Waals surface area contributed by atoms with Crippen LogP contribution in [0.25, 0.3) is 0 Å². The van der Waals surface area contributed by atoms with Crippen molar-refractivity contribution >= 4 is 11.6 Å². The second-order valence-corrected chi connectivity index (χ2v) is 3.41. The Morgan fingerprint density at radius 1 is 1.62 bits per heavy atom. The maximum absolute atomic E-state index is 11.6. The van der Waals surface area contributed by atoms with Crippen molar-refractivity contribution in [2.24, 2.45) is 0 Å². The second-order valence-electron chi connectivity index (χ2n) is 3.41. The smallest absolute Gasteiger partial charge is 0.263 e. The predicted molar refractivity (Wildman–Crippen MR) is 61.2 cm³/mol. The number of carbonyl (C=O) groups is 1. The molecule has 1 aromatic rings. The quantitative estimate of drug-likeness (QED) is 0.712. The normalized spacial score (nSPS) is 17.3. The molecule has 1 aliphatic heterocycles. The number of nitrogens with one attached hydrogen (secondary N) is 2. The Labute approximate surface area is 94.0 Å².